The average Bonchev–Trinajstić information content (AvgIpc) is 3.42. The largest absolute Gasteiger partial charge is 0.454 e. The highest BCUT2D eigenvalue weighted by atomic mass is 16.7. The summed E-state index contributed by atoms with van der Waals surface area (Å²) in [5.41, 5.74) is 1.83. The molecule has 0 saturated heterocycles. The zero-order valence-corrected chi connectivity index (χ0v) is 13.5. The summed E-state index contributed by atoms with van der Waals surface area (Å²) in [5.74, 6) is 2.66. The predicted octanol–water partition coefficient (Wildman–Crippen LogP) is 3.11. The van der Waals surface area contributed by atoms with E-state index in [0.29, 0.717) is 29.6 Å². The monoisotopic (exact) mass is 348 g/mol. The van der Waals surface area contributed by atoms with Crippen molar-refractivity contribution in [3.63, 3.8) is 0 Å². The lowest BCUT2D eigenvalue weighted by Crippen LogP contribution is -1.92. The molecular weight excluding hydrogens is 336 g/mol. The van der Waals surface area contributed by atoms with Crippen LogP contribution in [-0.4, -0.2) is 27.1 Å². The van der Waals surface area contributed by atoms with E-state index in [9.17, 15) is 0 Å². The van der Waals surface area contributed by atoms with Crippen molar-refractivity contribution in [2.45, 2.75) is 6.42 Å². The Labute approximate surface area is 147 Å². The van der Waals surface area contributed by atoms with E-state index in [1.54, 1.807) is 12.1 Å². The van der Waals surface area contributed by atoms with Crippen LogP contribution in [0.5, 0.6) is 11.5 Å². The molecule has 2 aromatic carbocycles. The van der Waals surface area contributed by atoms with Crippen LogP contribution in [0.1, 0.15) is 11.4 Å². The third-order valence-electron chi connectivity index (χ3n) is 3.91. The van der Waals surface area contributed by atoms with Gasteiger partial charge in [-0.05, 0) is 23.8 Å². The van der Waals surface area contributed by atoms with Crippen LogP contribution in [-0.2, 0) is 6.42 Å². The van der Waals surface area contributed by atoms with Crippen LogP contribution >= 0.6 is 0 Å². The van der Waals surface area contributed by atoms with Gasteiger partial charge in [0.25, 0.3) is 0 Å². The minimum absolute atomic E-state index is 0.171. The summed E-state index contributed by atoms with van der Waals surface area (Å²) in [7, 11) is 0. The molecule has 8 heteroatoms. The Morgan fingerprint density at radius 3 is 2.54 bits per heavy atom. The van der Waals surface area contributed by atoms with Crippen molar-refractivity contribution in [2.75, 3.05) is 6.79 Å². The van der Waals surface area contributed by atoms with Crippen molar-refractivity contribution >= 4 is 0 Å². The van der Waals surface area contributed by atoms with Crippen molar-refractivity contribution in [1.82, 2.24) is 20.3 Å². The third kappa shape index (κ3) is 2.67. The minimum Gasteiger partial charge on any atom is -0.454 e. The highest BCUT2D eigenvalue weighted by Gasteiger charge is 2.20. The van der Waals surface area contributed by atoms with Crippen molar-refractivity contribution in [1.29, 1.82) is 0 Å². The van der Waals surface area contributed by atoms with Gasteiger partial charge in [0.1, 0.15) is 0 Å². The molecule has 0 aliphatic carbocycles. The Hall–Kier alpha value is -3.68. The second kappa shape index (κ2) is 5.99. The maximum absolute atomic E-state index is 5.36. The molecule has 4 aromatic rings. The van der Waals surface area contributed by atoms with E-state index in [2.05, 4.69) is 20.3 Å². The van der Waals surface area contributed by atoms with Gasteiger partial charge in [0.05, 0.1) is 0 Å². The van der Waals surface area contributed by atoms with Crippen LogP contribution in [0.2, 0.25) is 0 Å². The van der Waals surface area contributed by atoms with Crippen LogP contribution in [0, 0.1) is 0 Å². The zero-order valence-electron chi connectivity index (χ0n) is 13.5. The molecule has 5 rings (SSSR count). The van der Waals surface area contributed by atoms with Crippen LogP contribution in [0.4, 0.5) is 0 Å². The maximum atomic E-state index is 5.36. The van der Waals surface area contributed by atoms with Crippen LogP contribution in [0.25, 0.3) is 23.2 Å². The van der Waals surface area contributed by atoms with Gasteiger partial charge in [-0.3, -0.25) is 0 Å². The molecule has 1 aliphatic rings. The van der Waals surface area contributed by atoms with E-state index in [0.717, 1.165) is 11.1 Å². The first-order chi connectivity index (χ1) is 12.8. The first kappa shape index (κ1) is 14.6. The van der Waals surface area contributed by atoms with Crippen molar-refractivity contribution in [3.8, 4) is 34.7 Å². The van der Waals surface area contributed by atoms with Crippen molar-refractivity contribution in [2.24, 2.45) is 0 Å². The zero-order chi connectivity index (χ0) is 17.3. The number of benzene rings is 2. The van der Waals surface area contributed by atoms with Crippen molar-refractivity contribution < 1.29 is 18.5 Å². The molecule has 1 aliphatic heterocycles. The fourth-order valence-corrected chi connectivity index (χ4v) is 2.65. The van der Waals surface area contributed by atoms with Gasteiger partial charge < -0.3 is 18.5 Å². The first-order valence-corrected chi connectivity index (χ1v) is 7.96. The third-order valence-corrected chi connectivity index (χ3v) is 3.91. The molecule has 0 spiro atoms. The number of fused-ring (bicyclic) bond motifs is 1. The highest BCUT2D eigenvalue weighted by molar-refractivity contribution is 5.62. The first-order valence-electron chi connectivity index (χ1n) is 7.96. The smallest absolute Gasteiger partial charge is 0.316 e. The molecule has 0 unspecified atom stereocenters. The molecule has 3 heterocycles. The minimum atomic E-state index is 0.171. The van der Waals surface area contributed by atoms with E-state index in [-0.39, 0.29) is 18.6 Å². The highest BCUT2D eigenvalue weighted by Crippen LogP contribution is 2.35. The summed E-state index contributed by atoms with van der Waals surface area (Å²) in [6, 6.07) is 15.3. The van der Waals surface area contributed by atoms with Gasteiger partial charge in [0, 0.05) is 12.0 Å². The molecule has 0 radical (unpaired) electrons. The number of hydrogen-bond acceptors (Lipinski definition) is 8. The molecule has 0 atom stereocenters. The van der Waals surface area contributed by atoms with Gasteiger partial charge in [-0.25, -0.2) is 0 Å². The van der Waals surface area contributed by atoms with Crippen LogP contribution in [0.3, 0.4) is 0 Å². The second-order valence-corrected chi connectivity index (χ2v) is 5.67. The van der Waals surface area contributed by atoms with Crippen LogP contribution in [0.15, 0.2) is 57.6 Å². The van der Waals surface area contributed by atoms with Gasteiger partial charge in [-0.2, -0.15) is 9.97 Å². The molecule has 26 heavy (non-hydrogen) atoms. The Bertz CT molecular complexity index is 1060. The summed E-state index contributed by atoms with van der Waals surface area (Å²) >= 11 is 0. The van der Waals surface area contributed by atoms with E-state index in [1.807, 2.05) is 36.4 Å². The molecule has 0 saturated carbocycles. The summed E-state index contributed by atoms with van der Waals surface area (Å²) in [6.07, 6.45) is 0.563. The molecular formula is C18H12N4O4. The van der Waals surface area contributed by atoms with Crippen LogP contribution < -0.4 is 9.47 Å². The molecule has 128 valence electrons. The van der Waals surface area contributed by atoms with Gasteiger partial charge in [0.2, 0.25) is 12.6 Å². The Morgan fingerprint density at radius 2 is 1.62 bits per heavy atom. The topological polar surface area (TPSA) is 96.3 Å². The molecule has 0 amide bonds. The Kier molecular flexibility index (Phi) is 3.38. The SMILES string of the molecule is c1ccc(Cc2noc(-c3nc(-c4ccc5c(c4)OCO5)no3)n2)cc1. The molecule has 0 N–H and O–H groups in total. The number of nitrogens with zero attached hydrogens (tertiary/aromatic N) is 4. The number of aromatic nitrogens is 4. The molecule has 2 aromatic heterocycles. The lowest BCUT2D eigenvalue weighted by molar-refractivity contribution is 0.174. The number of hydrogen-bond donors (Lipinski definition) is 0. The normalized spacial score (nSPS) is 12.5. The quantitative estimate of drug-likeness (QED) is 0.555. The molecule has 0 fully saturated rings. The summed E-state index contributed by atoms with van der Waals surface area (Å²) < 4.78 is 21.2. The average molecular weight is 348 g/mol. The van der Waals surface area contributed by atoms with Gasteiger partial charge in [-0.15, -0.1) is 0 Å². The van der Waals surface area contributed by atoms with E-state index in [1.165, 1.54) is 0 Å². The second-order valence-electron chi connectivity index (χ2n) is 5.67. The summed E-state index contributed by atoms with van der Waals surface area (Å²) in [6.45, 7) is 0.211. The summed E-state index contributed by atoms with van der Waals surface area (Å²) in [4.78, 5) is 8.65. The lowest BCUT2D eigenvalue weighted by Gasteiger charge is -1.97. The molecule has 0 bridgehead atoms. The van der Waals surface area contributed by atoms with Gasteiger partial charge in [-0.1, -0.05) is 40.6 Å². The van der Waals surface area contributed by atoms with Gasteiger partial charge >= 0.3 is 11.8 Å². The van der Waals surface area contributed by atoms with E-state index < -0.39 is 0 Å². The van der Waals surface area contributed by atoms with Gasteiger partial charge in [0.15, 0.2) is 17.3 Å². The van der Waals surface area contributed by atoms with E-state index in [4.69, 9.17) is 18.5 Å². The fraction of sp³-hybridized carbons (Fsp3) is 0.111. The number of ether oxygens (including phenoxy) is 2. The fourth-order valence-electron chi connectivity index (χ4n) is 2.65. The maximum Gasteiger partial charge on any atom is 0.316 e. The van der Waals surface area contributed by atoms with Crippen molar-refractivity contribution in [3.05, 3.63) is 59.9 Å². The van der Waals surface area contributed by atoms with E-state index >= 15 is 0 Å². The standard InChI is InChI=1S/C18H12N4O4/c1-2-4-11(5-3-1)8-15-19-17(25-21-15)18-20-16(22-26-18)12-6-7-13-14(9-12)24-10-23-13/h1-7,9H,8,10H2. The predicted molar refractivity (Wildman–Crippen MR) is 88.4 cm³/mol. The summed E-state index contributed by atoms with van der Waals surface area (Å²) in [5, 5.41) is 7.94. The Balaban J connectivity index is 1.39. The lowest BCUT2D eigenvalue weighted by atomic mass is 10.1. The molecule has 8 nitrogen and oxygen atoms in total. The Morgan fingerprint density at radius 1 is 0.808 bits per heavy atom. The number of rotatable bonds is 4.